The van der Waals surface area contributed by atoms with Crippen LogP contribution in [-0.4, -0.2) is 18.1 Å². The molecule has 5 heteroatoms. The van der Waals surface area contributed by atoms with Gasteiger partial charge in [0.05, 0.1) is 5.88 Å². The molecule has 1 N–H and O–H groups in total. The Morgan fingerprint density at radius 1 is 1.14 bits per heavy atom. The van der Waals surface area contributed by atoms with Gasteiger partial charge in [0, 0.05) is 35.6 Å². The van der Waals surface area contributed by atoms with Crippen molar-refractivity contribution < 1.29 is 0 Å². The average Bonchev–Trinajstić information content (AvgIpc) is 3.01. The van der Waals surface area contributed by atoms with E-state index in [1.54, 1.807) is 6.07 Å². The van der Waals surface area contributed by atoms with E-state index in [1.807, 2.05) is 18.2 Å². The second-order valence-electron chi connectivity index (χ2n) is 5.10. The first kappa shape index (κ1) is 15.9. The van der Waals surface area contributed by atoms with E-state index in [2.05, 4.69) is 22.0 Å². The number of anilines is 1. The number of rotatable bonds is 3. The second-order valence-corrected chi connectivity index (χ2v) is 5.37. The quantitative estimate of drug-likeness (QED) is 0.871. The molecule has 1 fully saturated rings. The van der Waals surface area contributed by atoms with Crippen molar-refractivity contribution in [3.05, 3.63) is 52.3 Å². The highest BCUT2D eigenvalue weighted by Crippen LogP contribution is 2.25. The summed E-state index contributed by atoms with van der Waals surface area (Å²) in [7, 11) is 0. The minimum absolute atomic E-state index is 0. The number of benzene rings is 1. The fourth-order valence-electron chi connectivity index (χ4n) is 2.62. The van der Waals surface area contributed by atoms with Gasteiger partial charge in [-0.25, -0.2) is 0 Å². The second kappa shape index (κ2) is 7.01. The van der Waals surface area contributed by atoms with E-state index >= 15 is 0 Å². The van der Waals surface area contributed by atoms with Crippen LogP contribution in [0, 0.1) is 0 Å². The summed E-state index contributed by atoms with van der Waals surface area (Å²) in [6.07, 6.45) is 2.51. The van der Waals surface area contributed by atoms with Crippen LogP contribution in [-0.2, 0) is 5.88 Å². The summed E-state index contributed by atoms with van der Waals surface area (Å²) in [5.74, 6) is 0.240. The number of halogens is 2. The topological polar surface area (TPSA) is 36.1 Å². The molecule has 2 heterocycles. The van der Waals surface area contributed by atoms with Crippen LogP contribution in [0.3, 0.4) is 0 Å². The van der Waals surface area contributed by atoms with Crippen LogP contribution in [0.1, 0.15) is 18.4 Å². The molecule has 1 saturated heterocycles. The van der Waals surface area contributed by atoms with Gasteiger partial charge in [-0.05, 0) is 31.0 Å². The molecule has 0 unspecified atom stereocenters. The summed E-state index contributed by atoms with van der Waals surface area (Å²) in [6.45, 7) is 2.23. The van der Waals surface area contributed by atoms with Crippen LogP contribution in [0.25, 0.3) is 11.3 Å². The molecule has 0 saturated carbocycles. The van der Waals surface area contributed by atoms with Gasteiger partial charge in [-0.15, -0.1) is 24.0 Å². The van der Waals surface area contributed by atoms with Crippen molar-refractivity contribution in [1.82, 2.24) is 4.98 Å². The molecule has 0 radical (unpaired) electrons. The maximum absolute atomic E-state index is 11.8. The van der Waals surface area contributed by atoms with Crippen LogP contribution in [0.2, 0.25) is 0 Å². The van der Waals surface area contributed by atoms with Crippen molar-refractivity contribution >= 4 is 29.7 Å². The molecule has 1 aliphatic rings. The predicted molar refractivity (Wildman–Crippen MR) is 90.8 cm³/mol. The molecule has 112 valence electrons. The van der Waals surface area contributed by atoms with E-state index in [0.717, 1.165) is 24.3 Å². The molecular weight excluding hydrogens is 307 g/mol. The molecule has 3 rings (SSSR count). The summed E-state index contributed by atoms with van der Waals surface area (Å²) >= 11 is 5.72. The Morgan fingerprint density at radius 3 is 2.57 bits per heavy atom. The van der Waals surface area contributed by atoms with Gasteiger partial charge in [-0.3, -0.25) is 4.79 Å². The number of nitrogens with zero attached hydrogens (tertiary/aromatic N) is 1. The molecular formula is C16H18Cl2N2O. The fourth-order valence-corrected chi connectivity index (χ4v) is 2.83. The number of pyridine rings is 1. The van der Waals surface area contributed by atoms with Crippen LogP contribution in [0.5, 0.6) is 0 Å². The minimum Gasteiger partial charge on any atom is -0.372 e. The molecule has 0 aliphatic carbocycles. The fraction of sp³-hybridized carbons (Fsp3) is 0.312. The SMILES string of the molecule is Cl.O=c1[nH]c(-c2cccc(N3CCCC3)c2)ccc1CCl. The normalized spacial score (nSPS) is 14.0. The van der Waals surface area contributed by atoms with E-state index in [0.29, 0.717) is 5.56 Å². The molecule has 2 aromatic rings. The summed E-state index contributed by atoms with van der Waals surface area (Å²) in [4.78, 5) is 17.1. The molecule has 0 atom stereocenters. The Kier molecular flexibility index (Phi) is 5.32. The lowest BCUT2D eigenvalue weighted by Crippen LogP contribution is -2.17. The smallest absolute Gasteiger partial charge is 0.252 e. The van der Waals surface area contributed by atoms with Crippen molar-refractivity contribution in [3.63, 3.8) is 0 Å². The lowest BCUT2D eigenvalue weighted by molar-refractivity contribution is 0.949. The molecule has 21 heavy (non-hydrogen) atoms. The van der Waals surface area contributed by atoms with E-state index in [9.17, 15) is 4.79 Å². The largest absolute Gasteiger partial charge is 0.372 e. The van der Waals surface area contributed by atoms with Crippen LogP contribution >= 0.6 is 24.0 Å². The number of aromatic nitrogens is 1. The van der Waals surface area contributed by atoms with E-state index < -0.39 is 0 Å². The third-order valence-electron chi connectivity index (χ3n) is 3.76. The number of nitrogens with one attached hydrogen (secondary N) is 1. The monoisotopic (exact) mass is 324 g/mol. The maximum Gasteiger partial charge on any atom is 0.252 e. The Labute approximate surface area is 135 Å². The minimum atomic E-state index is -0.107. The Balaban J connectivity index is 0.00000161. The number of alkyl halides is 1. The van der Waals surface area contributed by atoms with Crippen molar-refractivity contribution in [2.45, 2.75) is 18.7 Å². The average molecular weight is 325 g/mol. The van der Waals surface area contributed by atoms with E-state index in [1.165, 1.54) is 18.5 Å². The number of H-pyrrole nitrogens is 1. The molecule has 1 aromatic heterocycles. The standard InChI is InChI=1S/C16H17ClN2O.ClH/c17-11-13-6-7-15(18-16(13)20)12-4-3-5-14(10-12)19-8-1-2-9-19;/h3-7,10H,1-2,8-9,11H2,(H,18,20);1H. The number of hydrogen-bond donors (Lipinski definition) is 1. The van der Waals surface area contributed by atoms with Crippen LogP contribution in [0.4, 0.5) is 5.69 Å². The molecule has 0 bridgehead atoms. The van der Waals surface area contributed by atoms with Crippen molar-refractivity contribution in [1.29, 1.82) is 0 Å². The Hall–Kier alpha value is -1.45. The molecule has 0 amide bonds. The summed E-state index contributed by atoms with van der Waals surface area (Å²) < 4.78 is 0. The highest BCUT2D eigenvalue weighted by atomic mass is 35.5. The summed E-state index contributed by atoms with van der Waals surface area (Å²) in [5, 5.41) is 0. The van der Waals surface area contributed by atoms with Gasteiger partial charge in [0.25, 0.3) is 5.56 Å². The third kappa shape index (κ3) is 3.42. The lowest BCUT2D eigenvalue weighted by atomic mass is 10.1. The number of aromatic amines is 1. The molecule has 3 nitrogen and oxygen atoms in total. The zero-order chi connectivity index (χ0) is 13.9. The maximum atomic E-state index is 11.8. The van der Waals surface area contributed by atoms with Crippen molar-refractivity contribution in [2.75, 3.05) is 18.0 Å². The van der Waals surface area contributed by atoms with Gasteiger partial charge in [0.1, 0.15) is 0 Å². The van der Waals surface area contributed by atoms with Gasteiger partial charge in [0.2, 0.25) is 0 Å². The van der Waals surface area contributed by atoms with Crippen LogP contribution in [0.15, 0.2) is 41.2 Å². The first-order valence-electron chi connectivity index (χ1n) is 6.91. The number of hydrogen-bond acceptors (Lipinski definition) is 2. The molecule has 1 aliphatic heterocycles. The van der Waals surface area contributed by atoms with Gasteiger partial charge in [-0.1, -0.05) is 18.2 Å². The van der Waals surface area contributed by atoms with Crippen LogP contribution < -0.4 is 10.5 Å². The Bertz CT molecular complexity index is 663. The lowest BCUT2D eigenvalue weighted by Gasteiger charge is -2.18. The first-order valence-corrected chi connectivity index (χ1v) is 7.45. The predicted octanol–water partition coefficient (Wildman–Crippen LogP) is 3.80. The molecule has 1 aromatic carbocycles. The first-order chi connectivity index (χ1) is 9.78. The summed E-state index contributed by atoms with van der Waals surface area (Å²) in [6, 6.07) is 12.0. The highest BCUT2D eigenvalue weighted by molar-refractivity contribution is 6.17. The van der Waals surface area contributed by atoms with Gasteiger partial charge in [0.15, 0.2) is 0 Å². The third-order valence-corrected chi connectivity index (χ3v) is 4.05. The van der Waals surface area contributed by atoms with E-state index in [-0.39, 0.29) is 23.8 Å². The Morgan fingerprint density at radius 2 is 1.90 bits per heavy atom. The van der Waals surface area contributed by atoms with Crippen molar-refractivity contribution in [2.24, 2.45) is 0 Å². The zero-order valence-corrected chi connectivity index (χ0v) is 13.2. The molecule has 0 spiro atoms. The van der Waals surface area contributed by atoms with E-state index in [4.69, 9.17) is 11.6 Å². The van der Waals surface area contributed by atoms with Gasteiger partial charge < -0.3 is 9.88 Å². The van der Waals surface area contributed by atoms with Gasteiger partial charge >= 0.3 is 0 Å². The highest BCUT2D eigenvalue weighted by Gasteiger charge is 2.12. The summed E-state index contributed by atoms with van der Waals surface area (Å²) in [5.41, 5.74) is 3.59. The van der Waals surface area contributed by atoms with Gasteiger partial charge in [-0.2, -0.15) is 0 Å². The zero-order valence-electron chi connectivity index (χ0n) is 11.6. The van der Waals surface area contributed by atoms with Crippen molar-refractivity contribution in [3.8, 4) is 11.3 Å².